The van der Waals surface area contributed by atoms with E-state index in [4.69, 9.17) is 26.8 Å². The molecule has 2 N–H and O–H groups in total. The van der Waals surface area contributed by atoms with E-state index in [1.807, 2.05) is 4.90 Å². The molecule has 1 aliphatic heterocycles. The fraction of sp³-hybridized carbons (Fsp3) is 0.632. The van der Waals surface area contributed by atoms with E-state index in [-0.39, 0.29) is 11.9 Å². The van der Waals surface area contributed by atoms with Crippen molar-refractivity contribution in [3.63, 3.8) is 0 Å². The van der Waals surface area contributed by atoms with E-state index < -0.39 is 0 Å². The van der Waals surface area contributed by atoms with E-state index in [0.29, 0.717) is 41.2 Å². The number of amides is 1. The van der Waals surface area contributed by atoms with Crippen LogP contribution in [0.15, 0.2) is 12.1 Å². The third-order valence-corrected chi connectivity index (χ3v) is 4.86. The molecule has 6 heteroatoms. The molecule has 0 saturated carbocycles. The number of carbonyl (C=O) groups is 1. The van der Waals surface area contributed by atoms with E-state index in [1.54, 1.807) is 19.2 Å². The fourth-order valence-electron chi connectivity index (χ4n) is 3.06. The summed E-state index contributed by atoms with van der Waals surface area (Å²) in [6, 6.07) is 3.47. The van der Waals surface area contributed by atoms with Gasteiger partial charge in [0.1, 0.15) is 0 Å². The van der Waals surface area contributed by atoms with Crippen LogP contribution < -0.4 is 15.2 Å². The van der Waals surface area contributed by atoms with E-state index >= 15 is 0 Å². The average Bonchev–Trinajstić information content (AvgIpc) is 2.61. The van der Waals surface area contributed by atoms with Crippen LogP contribution in [0.2, 0.25) is 5.02 Å². The summed E-state index contributed by atoms with van der Waals surface area (Å²) in [5.74, 6) is 1.47. The maximum absolute atomic E-state index is 12.9. The lowest BCUT2D eigenvalue weighted by Gasteiger charge is -2.35. The minimum atomic E-state index is -0.0518. The summed E-state index contributed by atoms with van der Waals surface area (Å²) >= 11 is 6.38. The third-order valence-electron chi connectivity index (χ3n) is 4.58. The highest BCUT2D eigenvalue weighted by molar-refractivity contribution is 6.32. The third kappa shape index (κ3) is 5.02. The van der Waals surface area contributed by atoms with E-state index in [0.717, 1.165) is 32.2 Å². The maximum Gasteiger partial charge on any atom is 0.254 e. The molecule has 1 heterocycles. The highest BCUT2D eigenvalue weighted by Crippen LogP contribution is 2.37. The lowest BCUT2D eigenvalue weighted by Crippen LogP contribution is -2.47. The first kappa shape index (κ1) is 19.9. The molecule has 140 valence electrons. The molecule has 1 unspecified atom stereocenters. The van der Waals surface area contributed by atoms with E-state index in [9.17, 15) is 4.79 Å². The van der Waals surface area contributed by atoms with E-state index in [1.165, 1.54) is 0 Å². The molecule has 1 fully saturated rings. The molecule has 5 nitrogen and oxygen atoms in total. The number of carbonyl (C=O) groups excluding carboxylic acids is 1. The van der Waals surface area contributed by atoms with Crippen LogP contribution in [-0.2, 0) is 0 Å². The van der Waals surface area contributed by atoms with Crippen molar-refractivity contribution in [1.29, 1.82) is 0 Å². The van der Waals surface area contributed by atoms with Gasteiger partial charge in [-0.3, -0.25) is 4.79 Å². The zero-order chi connectivity index (χ0) is 18.4. The Morgan fingerprint density at radius 3 is 2.80 bits per heavy atom. The van der Waals surface area contributed by atoms with Crippen LogP contribution in [0.5, 0.6) is 11.5 Å². The zero-order valence-corrected chi connectivity index (χ0v) is 16.1. The number of nitrogens with zero attached hydrogens (tertiary/aromatic N) is 1. The number of halogens is 1. The molecule has 0 aliphatic carbocycles. The lowest BCUT2D eigenvalue weighted by atomic mass is 10.0. The number of hydrogen-bond donors (Lipinski definition) is 1. The normalized spacial score (nSPS) is 17.7. The van der Waals surface area contributed by atoms with Gasteiger partial charge in [-0.25, -0.2) is 0 Å². The first-order valence-electron chi connectivity index (χ1n) is 8.99. The second-order valence-electron chi connectivity index (χ2n) is 6.90. The predicted molar refractivity (Wildman–Crippen MR) is 101 cm³/mol. The van der Waals surface area contributed by atoms with Gasteiger partial charge in [-0.15, -0.1) is 0 Å². The number of ether oxygens (including phenoxy) is 2. The van der Waals surface area contributed by atoms with Gasteiger partial charge in [0, 0.05) is 24.7 Å². The van der Waals surface area contributed by atoms with Gasteiger partial charge in [0.15, 0.2) is 11.5 Å². The van der Waals surface area contributed by atoms with Crippen LogP contribution in [0, 0.1) is 5.92 Å². The fourth-order valence-corrected chi connectivity index (χ4v) is 3.32. The SMILES string of the molecule is COc1cc(C(=O)N2CCCCC2CN)cc(Cl)c1OCCC(C)C. The maximum atomic E-state index is 12.9. The quantitative estimate of drug-likeness (QED) is 0.796. The minimum absolute atomic E-state index is 0.0518. The van der Waals surface area contributed by atoms with Crippen molar-refractivity contribution in [1.82, 2.24) is 4.90 Å². The van der Waals surface area contributed by atoms with Crippen molar-refractivity contribution >= 4 is 17.5 Å². The first-order valence-corrected chi connectivity index (χ1v) is 9.37. The molecular formula is C19H29ClN2O3. The van der Waals surface area contributed by atoms with Crippen LogP contribution >= 0.6 is 11.6 Å². The first-order chi connectivity index (χ1) is 12.0. The number of nitrogens with two attached hydrogens (primary N) is 1. The summed E-state index contributed by atoms with van der Waals surface area (Å²) < 4.78 is 11.2. The molecule has 0 spiro atoms. The Balaban J connectivity index is 2.21. The van der Waals surface area contributed by atoms with Crippen molar-refractivity contribution in [3.8, 4) is 11.5 Å². The van der Waals surface area contributed by atoms with Gasteiger partial charge in [0.05, 0.1) is 18.7 Å². The zero-order valence-electron chi connectivity index (χ0n) is 15.4. The average molecular weight is 369 g/mol. The monoisotopic (exact) mass is 368 g/mol. The predicted octanol–water partition coefficient (Wildman–Crippen LogP) is 3.73. The molecule has 1 aliphatic rings. The largest absolute Gasteiger partial charge is 0.493 e. The van der Waals surface area contributed by atoms with Crippen molar-refractivity contribution in [2.24, 2.45) is 11.7 Å². The molecule has 1 aromatic rings. The topological polar surface area (TPSA) is 64.8 Å². The molecular weight excluding hydrogens is 340 g/mol. The van der Waals surface area contributed by atoms with Gasteiger partial charge in [-0.2, -0.15) is 0 Å². The Hall–Kier alpha value is -1.46. The van der Waals surface area contributed by atoms with Crippen molar-refractivity contribution in [2.75, 3.05) is 26.8 Å². The molecule has 1 amide bonds. The molecule has 0 radical (unpaired) electrons. The second kappa shape index (κ2) is 9.30. The molecule has 0 aromatic heterocycles. The van der Waals surface area contributed by atoms with Crippen LogP contribution in [0.25, 0.3) is 0 Å². The summed E-state index contributed by atoms with van der Waals surface area (Å²) in [5.41, 5.74) is 6.35. The summed E-state index contributed by atoms with van der Waals surface area (Å²) in [5, 5.41) is 0.396. The lowest BCUT2D eigenvalue weighted by molar-refractivity contribution is 0.0623. The smallest absolute Gasteiger partial charge is 0.254 e. The highest BCUT2D eigenvalue weighted by atomic mass is 35.5. The van der Waals surface area contributed by atoms with Crippen molar-refractivity contribution in [3.05, 3.63) is 22.7 Å². The number of hydrogen-bond acceptors (Lipinski definition) is 4. The van der Waals surface area contributed by atoms with Crippen molar-refractivity contribution < 1.29 is 14.3 Å². The molecule has 0 bridgehead atoms. The molecule has 1 atom stereocenters. The molecule has 2 rings (SSSR count). The summed E-state index contributed by atoms with van der Waals surface area (Å²) in [7, 11) is 1.55. The van der Waals surface area contributed by atoms with Gasteiger partial charge < -0.3 is 20.1 Å². The van der Waals surface area contributed by atoms with E-state index in [2.05, 4.69) is 13.8 Å². The van der Waals surface area contributed by atoms with Crippen LogP contribution in [0.3, 0.4) is 0 Å². The Bertz CT molecular complexity index is 592. The Labute approximate surface area is 155 Å². The van der Waals surface area contributed by atoms with Crippen LogP contribution in [-0.4, -0.2) is 43.7 Å². The summed E-state index contributed by atoms with van der Waals surface area (Å²) in [4.78, 5) is 14.8. The minimum Gasteiger partial charge on any atom is -0.493 e. The number of methoxy groups -OCH3 is 1. The Kier molecular flexibility index (Phi) is 7.38. The summed E-state index contributed by atoms with van der Waals surface area (Å²) in [6.07, 6.45) is 3.98. The Morgan fingerprint density at radius 2 is 2.16 bits per heavy atom. The number of benzene rings is 1. The standard InChI is InChI=1S/C19H29ClN2O3/c1-13(2)7-9-25-18-16(20)10-14(11-17(18)24-3)19(23)22-8-5-4-6-15(22)12-21/h10-11,13,15H,4-9,12,21H2,1-3H3. The number of rotatable bonds is 7. The number of piperidine rings is 1. The molecule has 25 heavy (non-hydrogen) atoms. The van der Waals surface area contributed by atoms with Gasteiger partial charge in [-0.1, -0.05) is 25.4 Å². The van der Waals surface area contributed by atoms with Crippen molar-refractivity contribution in [2.45, 2.75) is 45.6 Å². The number of likely N-dealkylation sites (tertiary alicyclic amines) is 1. The van der Waals surface area contributed by atoms with Crippen LogP contribution in [0.1, 0.15) is 49.9 Å². The highest BCUT2D eigenvalue weighted by Gasteiger charge is 2.27. The molecule has 1 aromatic carbocycles. The van der Waals surface area contributed by atoms with Gasteiger partial charge in [0.2, 0.25) is 0 Å². The Morgan fingerprint density at radius 1 is 1.40 bits per heavy atom. The summed E-state index contributed by atoms with van der Waals surface area (Å²) in [6.45, 7) is 6.04. The van der Waals surface area contributed by atoms with Crippen LogP contribution in [0.4, 0.5) is 0 Å². The van der Waals surface area contributed by atoms with Gasteiger partial charge in [-0.05, 0) is 43.7 Å². The van der Waals surface area contributed by atoms with Gasteiger partial charge >= 0.3 is 0 Å². The molecule has 1 saturated heterocycles. The second-order valence-corrected chi connectivity index (χ2v) is 7.31. The van der Waals surface area contributed by atoms with Gasteiger partial charge in [0.25, 0.3) is 5.91 Å².